The minimum atomic E-state index is -3.23. The molecule has 134 valence electrons. The van der Waals surface area contributed by atoms with E-state index in [1.807, 2.05) is 12.1 Å². The summed E-state index contributed by atoms with van der Waals surface area (Å²) < 4.78 is 25.5. The van der Waals surface area contributed by atoms with E-state index < -0.39 is 10.0 Å². The van der Waals surface area contributed by atoms with Crippen LogP contribution in [0.25, 0.3) is 21.8 Å². The fourth-order valence-electron chi connectivity index (χ4n) is 3.30. The molecule has 4 rings (SSSR count). The summed E-state index contributed by atoms with van der Waals surface area (Å²) in [6, 6.07) is 14.3. The zero-order valence-corrected chi connectivity index (χ0v) is 16.4. The van der Waals surface area contributed by atoms with Crippen molar-refractivity contribution < 1.29 is 8.42 Å². The molecule has 0 bridgehead atoms. The summed E-state index contributed by atoms with van der Waals surface area (Å²) in [7, 11) is -3.23. The Morgan fingerprint density at radius 1 is 1.08 bits per heavy atom. The van der Waals surface area contributed by atoms with Crippen LogP contribution in [-0.2, 0) is 16.4 Å². The molecule has 0 N–H and O–H groups in total. The van der Waals surface area contributed by atoms with E-state index in [-0.39, 0.29) is 0 Å². The summed E-state index contributed by atoms with van der Waals surface area (Å²) in [5.41, 5.74) is 6.20. The minimum absolute atomic E-state index is 0.555. The average Bonchev–Trinajstić information content (AvgIpc) is 3.10. The van der Waals surface area contributed by atoms with Gasteiger partial charge in [0, 0.05) is 23.1 Å². The lowest BCUT2D eigenvalue weighted by Crippen LogP contribution is -2.34. The third-order valence-electron chi connectivity index (χ3n) is 4.65. The third kappa shape index (κ3) is 3.27. The number of anilines is 1. The maximum atomic E-state index is 12.0. The van der Waals surface area contributed by atoms with Crippen LogP contribution in [-0.4, -0.2) is 26.2 Å². The molecule has 0 atom stereocenters. The number of hydrogen-bond donors (Lipinski definition) is 0. The molecule has 0 saturated carbocycles. The third-order valence-corrected chi connectivity index (χ3v) is 6.73. The second-order valence-electron chi connectivity index (χ2n) is 6.69. The molecule has 26 heavy (non-hydrogen) atoms. The number of sulfonamides is 1. The Kier molecular flexibility index (Phi) is 4.32. The first-order valence-electron chi connectivity index (χ1n) is 8.55. The van der Waals surface area contributed by atoms with Gasteiger partial charge in [-0.3, -0.25) is 4.31 Å². The fraction of sp³-hybridized carbons (Fsp3) is 0.250. The molecule has 0 fully saturated rings. The Balaban J connectivity index is 1.69. The van der Waals surface area contributed by atoms with Gasteiger partial charge < -0.3 is 0 Å². The monoisotopic (exact) mass is 384 g/mol. The van der Waals surface area contributed by atoms with Gasteiger partial charge in [0.05, 0.1) is 17.6 Å². The maximum Gasteiger partial charge on any atom is 0.232 e. The molecule has 1 aliphatic heterocycles. The molecule has 0 saturated heterocycles. The van der Waals surface area contributed by atoms with Crippen LogP contribution < -0.4 is 4.31 Å². The summed E-state index contributed by atoms with van der Waals surface area (Å²) in [6.45, 7) is 2.63. The number of fused-ring (bicyclic) bond motifs is 1. The molecule has 0 radical (unpaired) electrons. The zero-order valence-electron chi connectivity index (χ0n) is 14.8. The predicted molar refractivity (Wildman–Crippen MR) is 108 cm³/mol. The van der Waals surface area contributed by atoms with Crippen LogP contribution in [0, 0.1) is 6.92 Å². The van der Waals surface area contributed by atoms with E-state index in [1.165, 1.54) is 16.1 Å². The van der Waals surface area contributed by atoms with E-state index >= 15 is 0 Å². The average molecular weight is 385 g/mol. The van der Waals surface area contributed by atoms with Crippen molar-refractivity contribution in [2.45, 2.75) is 19.8 Å². The van der Waals surface area contributed by atoms with E-state index in [9.17, 15) is 8.42 Å². The highest BCUT2D eigenvalue weighted by Crippen LogP contribution is 2.34. The van der Waals surface area contributed by atoms with Crippen molar-refractivity contribution in [1.29, 1.82) is 0 Å². The molecular weight excluding hydrogens is 364 g/mol. The quantitative estimate of drug-likeness (QED) is 0.668. The van der Waals surface area contributed by atoms with Crippen LogP contribution in [0.4, 0.5) is 5.69 Å². The lowest BCUT2D eigenvalue weighted by atomic mass is 10.00. The molecule has 0 amide bonds. The van der Waals surface area contributed by atoms with Crippen molar-refractivity contribution in [2.24, 2.45) is 0 Å². The van der Waals surface area contributed by atoms with Gasteiger partial charge in [-0.15, -0.1) is 11.3 Å². The van der Waals surface area contributed by atoms with Crippen molar-refractivity contribution in [3.63, 3.8) is 0 Å². The smallest absolute Gasteiger partial charge is 0.232 e. The lowest BCUT2D eigenvalue weighted by molar-refractivity contribution is 0.592. The van der Waals surface area contributed by atoms with Gasteiger partial charge in [0.25, 0.3) is 0 Å². The first kappa shape index (κ1) is 17.2. The molecule has 4 nitrogen and oxygen atoms in total. The largest absolute Gasteiger partial charge is 0.270 e. The molecule has 1 aromatic heterocycles. The van der Waals surface area contributed by atoms with Gasteiger partial charge in [-0.05, 0) is 37.5 Å². The highest BCUT2D eigenvalue weighted by molar-refractivity contribution is 7.92. The molecule has 2 heterocycles. The highest BCUT2D eigenvalue weighted by Gasteiger charge is 2.24. The molecule has 6 heteroatoms. The van der Waals surface area contributed by atoms with Crippen LogP contribution in [0.1, 0.15) is 17.5 Å². The van der Waals surface area contributed by atoms with Crippen LogP contribution in [0.15, 0.2) is 47.8 Å². The van der Waals surface area contributed by atoms with E-state index in [0.717, 1.165) is 45.9 Å². The first-order chi connectivity index (χ1) is 12.4. The molecule has 3 aromatic rings. The van der Waals surface area contributed by atoms with Crippen LogP contribution in [0.3, 0.4) is 0 Å². The van der Waals surface area contributed by atoms with Crippen molar-refractivity contribution in [3.8, 4) is 21.8 Å². The second kappa shape index (κ2) is 6.52. The molecule has 0 aliphatic carbocycles. The minimum Gasteiger partial charge on any atom is -0.270 e. The van der Waals surface area contributed by atoms with Gasteiger partial charge in [-0.1, -0.05) is 35.9 Å². The van der Waals surface area contributed by atoms with Crippen molar-refractivity contribution in [1.82, 2.24) is 4.98 Å². The maximum absolute atomic E-state index is 12.0. The van der Waals surface area contributed by atoms with Gasteiger partial charge in [0.15, 0.2) is 0 Å². The van der Waals surface area contributed by atoms with Gasteiger partial charge in [-0.2, -0.15) is 0 Å². The number of benzene rings is 2. The van der Waals surface area contributed by atoms with E-state index in [4.69, 9.17) is 4.98 Å². The van der Waals surface area contributed by atoms with Crippen molar-refractivity contribution in [2.75, 3.05) is 17.1 Å². The number of rotatable bonds is 3. The Labute approximate surface area is 158 Å². The highest BCUT2D eigenvalue weighted by atomic mass is 32.2. The number of aromatic nitrogens is 1. The SMILES string of the molecule is Cc1ccc(-c2nc(-c3ccc4c(c3)CCCN4S(C)(=O)=O)cs2)cc1. The molecule has 2 aromatic carbocycles. The standard InChI is InChI=1S/C20H20N2O2S2/c1-14-5-7-15(8-6-14)20-21-18(13-25-20)16-9-10-19-17(12-16)4-3-11-22(19)26(2,23)24/h5-10,12-13H,3-4,11H2,1-2H3. The summed E-state index contributed by atoms with van der Waals surface area (Å²) in [6.07, 6.45) is 3.00. The molecular formula is C20H20N2O2S2. The number of aryl methyl sites for hydroxylation is 2. The van der Waals surface area contributed by atoms with E-state index in [0.29, 0.717) is 6.54 Å². The fourth-order valence-corrected chi connectivity index (χ4v) is 5.13. The molecule has 0 spiro atoms. The Hall–Kier alpha value is -2.18. The molecule has 1 aliphatic rings. The Morgan fingerprint density at radius 3 is 2.54 bits per heavy atom. The van der Waals surface area contributed by atoms with E-state index in [2.05, 4.69) is 42.6 Å². The van der Waals surface area contributed by atoms with Gasteiger partial charge in [-0.25, -0.2) is 13.4 Å². The van der Waals surface area contributed by atoms with Crippen molar-refractivity contribution in [3.05, 3.63) is 59.0 Å². The number of thiazole rings is 1. The number of nitrogens with zero attached hydrogens (tertiary/aromatic N) is 2. The Bertz CT molecular complexity index is 1050. The summed E-state index contributed by atoms with van der Waals surface area (Å²) in [5.74, 6) is 0. The topological polar surface area (TPSA) is 50.3 Å². The van der Waals surface area contributed by atoms with Gasteiger partial charge >= 0.3 is 0 Å². The van der Waals surface area contributed by atoms with E-state index in [1.54, 1.807) is 11.3 Å². The summed E-state index contributed by atoms with van der Waals surface area (Å²) in [5, 5.41) is 3.06. The summed E-state index contributed by atoms with van der Waals surface area (Å²) >= 11 is 1.63. The zero-order chi connectivity index (χ0) is 18.3. The number of hydrogen-bond acceptors (Lipinski definition) is 4. The lowest BCUT2D eigenvalue weighted by Gasteiger charge is -2.29. The van der Waals surface area contributed by atoms with Gasteiger partial charge in [0.2, 0.25) is 10.0 Å². The van der Waals surface area contributed by atoms with Crippen molar-refractivity contribution >= 4 is 27.0 Å². The Morgan fingerprint density at radius 2 is 1.81 bits per heavy atom. The first-order valence-corrected chi connectivity index (χ1v) is 11.3. The summed E-state index contributed by atoms with van der Waals surface area (Å²) in [4.78, 5) is 4.78. The predicted octanol–water partition coefficient (Wildman–Crippen LogP) is 4.50. The van der Waals surface area contributed by atoms with Crippen LogP contribution >= 0.6 is 11.3 Å². The second-order valence-corrected chi connectivity index (χ2v) is 9.45. The normalized spacial score (nSPS) is 14.3. The van der Waals surface area contributed by atoms with Crippen LogP contribution in [0.5, 0.6) is 0 Å². The molecule has 0 unspecified atom stereocenters. The van der Waals surface area contributed by atoms with Gasteiger partial charge in [0.1, 0.15) is 5.01 Å². The van der Waals surface area contributed by atoms with Crippen LogP contribution in [0.2, 0.25) is 0 Å².